The summed E-state index contributed by atoms with van der Waals surface area (Å²) in [7, 11) is 0.150. The number of amides is 1. The number of rotatable bonds is 7. The SMILES string of the molecule is COC(=O)c1cc(OC)c(OC)cc1NC(=O)c1ccc(Cl)c(S(=O)(=O)N2CCCC(C)C2)c1. The van der Waals surface area contributed by atoms with E-state index >= 15 is 0 Å². The number of nitrogens with zero attached hydrogens (tertiary/aromatic N) is 1. The standard InChI is InChI=1S/C23H27ClN2O7S/c1-14-6-5-9-26(13-14)34(29,30)21-10-15(7-8-17(21)24)22(27)25-18-12-20(32-3)19(31-2)11-16(18)23(28)33-4/h7-8,10-12,14H,5-6,9,13H2,1-4H3,(H,25,27). The van der Waals surface area contributed by atoms with Crippen LogP contribution in [0.3, 0.4) is 0 Å². The van der Waals surface area contributed by atoms with Crippen molar-refractivity contribution >= 4 is 39.2 Å². The molecule has 2 aromatic carbocycles. The first-order valence-corrected chi connectivity index (χ1v) is 12.4. The van der Waals surface area contributed by atoms with Gasteiger partial charge in [0.05, 0.1) is 37.6 Å². The molecule has 2 aromatic rings. The van der Waals surface area contributed by atoms with Crippen molar-refractivity contribution in [3.8, 4) is 11.5 Å². The minimum Gasteiger partial charge on any atom is -0.493 e. The van der Waals surface area contributed by atoms with Gasteiger partial charge in [-0.25, -0.2) is 13.2 Å². The summed E-state index contributed by atoms with van der Waals surface area (Å²) in [5, 5.41) is 2.65. The normalized spacial score (nSPS) is 16.6. The van der Waals surface area contributed by atoms with Gasteiger partial charge in [-0.05, 0) is 37.0 Å². The van der Waals surface area contributed by atoms with Gasteiger partial charge in [-0.1, -0.05) is 18.5 Å². The Bertz CT molecular complexity index is 1200. The molecule has 1 aliphatic rings. The van der Waals surface area contributed by atoms with E-state index in [1.54, 1.807) is 0 Å². The Labute approximate surface area is 204 Å². The zero-order valence-corrected chi connectivity index (χ0v) is 21.0. The molecular weight excluding hydrogens is 484 g/mol. The number of halogens is 1. The summed E-state index contributed by atoms with van der Waals surface area (Å²) < 4.78 is 43.2. The van der Waals surface area contributed by atoms with Crippen molar-refractivity contribution in [2.45, 2.75) is 24.7 Å². The molecule has 0 aliphatic carbocycles. The third-order valence-electron chi connectivity index (χ3n) is 5.61. The van der Waals surface area contributed by atoms with Crippen molar-refractivity contribution in [3.63, 3.8) is 0 Å². The highest BCUT2D eigenvalue weighted by Gasteiger charge is 2.31. The Kier molecular flexibility index (Phi) is 8.06. The summed E-state index contributed by atoms with van der Waals surface area (Å²) in [6.07, 6.45) is 1.71. The first kappa shape index (κ1) is 25.8. The zero-order valence-electron chi connectivity index (χ0n) is 19.4. The Morgan fingerprint density at radius 3 is 2.38 bits per heavy atom. The summed E-state index contributed by atoms with van der Waals surface area (Å²) in [5.41, 5.74) is 0.204. The van der Waals surface area contributed by atoms with Crippen LogP contribution in [0, 0.1) is 5.92 Å². The minimum absolute atomic E-state index is 0.0242. The van der Waals surface area contributed by atoms with Crippen molar-refractivity contribution in [3.05, 3.63) is 46.5 Å². The van der Waals surface area contributed by atoms with Crippen LogP contribution in [-0.2, 0) is 14.8 Å². The fourth-order valence-corrected chi connectivity index (χ4v) is 5.90. The van der Waals surface area contributed by atoms with Crippen molar-refractivity contribution in [2.75, 3.05) is 39.7 Å². The van der Waals surface area contributed by atoms with Crippen LogP contribution >= 0.6 is 11.6 Å². The van der Waals surface area contributed by atoms with Crippen molar-refractivity contribution in [1.29, 1.82) is 0 Å². The number of sulfonamides is 1. The first-order valence-electron chi connectivity index (χ1n) is 10.6. The lowest BCUT2D eigenvalue weighted by molar-refractivity contribution is 0.0601. The van der Waals surface area contributed by atoms with Crippen molar-refractivity contribution < 1.29 is 32.2 Å². The smallest absolute Gasteiger partial charge is 0.340 e. The number of esters is 1. The maximum Gasteiger partial charge on any atom is 0.340 e. The second-order valence-electron chi connectivity index (χ2n) is 7.95. The number of benzene rings is 2. The second kappa shape index (κ2) is 10.6. The van der Waals surface area contributed by atoms with Crippen LogP contribution < -0.4 is 14.8 Å². The van der Waals surface area contributed by atoms with Gasteiger partial charge in [-0.2, -0.15) is 4.31 Å². The number of carbonyl (C=O) groups is 2. The molecule has 1 amide bonds. The van der Waals surface area contributed by atoms with Gasteiger partial charge in [0.15, 0.2) is 11.5 Å². The summed E-state index contributed by atoms with van der Waals surface area (Å²) in [4.78, 5) is 25.2. The third kappa shape index (κ3) is 5.29. The number of hydrogen-bond donors (Lipinski definition) is 1. The Morgan fingerprint density at radius 2 is 1.76 bits per heavy atom. The number of carbonyl (C=O) groups excluding carboxylic acids is 2. The molecule has 1 atom stereocenters. The molecule has 1 saturated heterocycles. The fourth-order valence-electron chi connectivity index (χ4n) is 3.80. The topological polar surface area (TPSA) is 111 Å². The van der Waals surface area contributed by atoms with Gasteiger partial charge < -0.3 is 19.5 Å². The lowest BCUT2D eigenvalue weighted by Gasteiger charge is -2.30. The average Bonchev–Trinajstić information content (AvgIpc) is 2.83. The van der Waals surface area contributed by atoms with Gasteiger partial charge >= 0.3 is 5.97 Å². The van der Waals surface area contributed by atoms with E-state index in [9.17, 15) is 18.0 Å². The maximum atomic E-state index is 13.2. The van der Waals surface area contributed by atoms with Crippen LogP contribution in [0.25, 0.3) is 0 Å². The highest BCUT2D eigenvalue weighted by Crippen LogP contribution is 2.34. The highest BCUT2D eigenvalue weighted by molar-refractivity contribution is 7.89. The predicted molar refractivity (Wildman–Crippen MR) is 127 cm³/mol. The quantitative estimate of drug-likeness (QED) is 0.563. The van der Waals surface area contributed by atoms with Crippen LogP contribution in [-0.4, -0.2) is 59.0 Å². The van der Waals surface area contributed by atoms with Crippen molar-refractivity contribution in [2.24, 2.45) is 5.92 Å². The molecule has 1 N–H and O–H groups in total. The van der Waals surface area contributed by atoms with Crippen molar-refractivity contribution in [1.82, 2.24) is 4.31 Å². The molecular formula is C23H27ClN2O7S. The molecule has 1 heterocycles. The van der Waals surface area contributed by atoms with E-state index in [2.05, 4.69) is 5.32 Å². The summed E-state index contributed by atoms with van der Waals surface area (Å²) in [6, 6.07) is 6.83. The minimum atomic E-state index is -3.89. The second-order valence-corrected chi connectivity index (χ2v) is 10.3. The van der Waals surface area contributed by atoms with Crippen LogP contribution in [0.1, 0.15) is 40.5 Å². The van der Waals surface area contributed by atoms with Gasteiger partial charge in [-0.15, -0.1) is 0 Å². The Hall–Kier alpha value is -2.82. The molecule has 9 nitrogen and oxygen atoms in total. The van der Waals surface area contributed by atoms with E-state index in [1.807, 2.05) is 6.92 Å². The zero-order chi connectivity index (χ0) is 25.0. The molecule has 184 valence electrons. The van der Waals surface area contributed by atoms with Crippen LogP contribution in [0.2, 0.25) is 5.02 Å². The Morgan fingerprint density at radius 1 is 1.09 bits per heavy atom. The maximum absolute atomic E-state index is 13.2. The lowest BCUT2D eigenvalue weighted by atomic mass is 10.0. The molecule has 1 unspecified atom stereocenters. The van der Waals surface area contributed by atoms with Gasteiger partial charge in [0.1, 0.15) is 4.90 Å². The van der Waals surface area contributed by atoms with E-state index in [0.29, 0.717) is 13.1 Å². The molecule has 1 aliphatic heterocycles. The van der Waals surface area contributed by atoms with E-state index < -0.39 is 21.9 Å². The van der Waals surface area contributed by atoms with E-state index in [4.69, 9.17) is 25.8 Å². The largest absolute Gasteiger partial charge is 0.493 e. The van der Waals surface area contributed by atoms with Gasteiger partial charge in [0.2, 0.25) is 10.0 Å². The first-order chi connectivity index (χ1) is 16.1. The molecule has 0 radical (unpaired) electrons. The number of anilines is 1. The van der Waals surface area contributed by atoms with Gasteiger partial charge in [0.25, 0.3) is 5.91 Å². The Balaban J connectivity index is 1.97. The monoisotopic (exact) mass is 510 g/mol. The lowest BCUT2D eigenvalue weighted by Crippen LogP contribution is -2.39. The molecule has 0 saturated carbocycles. The predicted octanol–water partition coefficient (Wildman–Crippen LogP) is 3.82. The number of methoxy groups -OCH3 is 3. The number of nitrogens with one attached hydrogen (secondary N) is 1. The fraction of sp³-hybridized carbons (Fsp3) is 0.391. The number of ether oxygens (including phenoxy) is 3. The van der Waals surface area contributed by atoms with Crippen LogP contribution in [0.5, 0.6) is 11.5 Å². The summed E-state index contributed by atoms with van der Waals surface area (Å²) in [5.74, 6) is -0.552. The molecule has 34 heavy (non-hydrogen) atoms. The highest BCUT2D eigenvalue weighted by atomic mass is 35.5. The molecule has 0 spiro atoms. The van der Waals surface area contributed by atoms with Gasteiger partial charge in [0, 0.05) is 30.8 Å². The average molecular weight is 511 g/mol. The van der Waals surface area contributed by atoms with Gasteiger partial charge in [-0.3, -0.25) is 4.79 Å². The molecule has 0 bridgehead atoms. The third-order valence-corrected chi connectivity index (χ3v) is 7.95. The molecule has 11 heteroatoms. The molecule has 3 rings (SSSR count). The summed E-state index contributed by atoms with van der Waals surface area (Å²) >= 11 is 6.23. The molecule has 0 aromatic heterocycles. The van der Waals surface area contributed by atoms with E-state index in [-0.39, 0.29) is 44.1 Å². The van der Waals surface area contributed by atoms with Crippen LogP contribution in [0.4, 0.5) is 5.69 Å². The molecule has 1 fully saturated rings. The van der Waals surface area contributed by atoms with E-state index in [1.165, 1.54) is 56.0 Å². The van der Waals surface area contributed by atoms with Crippen LogP contribution in [0.15, 0.2) is 35.2 Å². The number of piperidine rings is 1. The number of hydrogen-bond acceptors (Lipinski definition) is 7. The van der Waals surface area contributed by atoms with E-state index in [0.717, 1.165) is 12.8 Å². The summed E-state index contributed by atoms with van der Waals surface area (Å²) in [6.45, 7) is 2.78.